The van der Waals surface area contributed by atoms with Crippen molar-refractivity contribution in [1.82, 2.24) is 14.6 Å². The standard InChI is InChI=1S/C20H19N5O/c1-14(26)15-7-8-16(12-21)18(11-15)24-9-4-5-17(13-24)20-23-22-19-6-2-3-10-25(19)20/h2-3,6-8,10-11,17H,4-5,9,13H2,1H3. The van der Waals surface area contributed by atoms with Crippen LogP contribution in [0.15, 0.2) is 42.6 Å². The molecule has 6 nitrogen and oxygen atoms in total. The molecule has 3 heterocycles. The molecule has 2 aromatic heterocycles. The van der Waals surface area contributed by atoms with Crippen LogP contribution in [0.2, 0.25) is 0 Å². The number of nitrogens with zero attached hydrogens (tertiary/aromatic N) is 5. The molecule has 1 unspecified atom stereocenters. The first-order valence-corrected chi connectivity index (χ1v) is 8.77. The summed E-state index contributed by atoms with van der Waals surface area (Å²) < 4.78 is 2.03. The zero-order valence-electron chi connectivity index (χ0n) is 14.6. The molecule has 26 heavy (non-hydrogen) atoms. The van der Waals surface area contributed by atoms with E-state index in [4.69, 9.17) is 0 Å². The van der Waals surface area contributed by atoms with Gasteiger partial charge in [-0.05, 0) is 50.1 Å². The van der Waals surface area contributed by atoms with Crippen LogP contribution in [0.3, 0.4) is 0 Å². The molecule has 1 saturated heterocycles. The first kappa shape index (κ1) is 16.3. The molecule has 1 aliphatic heterocycles. The summed E-state index contributed by atoms with van der Waals surface area (Å²) in [6.07, 6.45) is 4.02. The van der Waals surface area contributed by atoms with Gasteiger partial charge in [-0.2, -0.15) is 5.26 Å². The third kappa shape index (κ3) is 2.82. The number of anilines is 1. The normalized spacial score (nSPS) is 17.2. The van der Waals surface area contributed by atoms with Gasteiger partial charge in [-0.15, -0.1) is 10.2 Å². The van der Waals surface area contributed by atoms with E-state index in [9.17, 15) is 10.1 Å². The summed E-state index contributed by atoms with van der Waals surface area (Å²) >= 11 is 0. The SMILES string of the molecule is CC(=O)c1ccc(C#N)c(N2CCCC(c3nnc4ccccn34)C2)c1. The van der Waals surface area contributed by atoms with Crippen molar-refractivity contribution in [3.63, 3.8) is 0 Å². The molecule has 0 radical (unpaired) electrons. The largest absolute Gasteiger partial charge is 0.370 e. The highest BCUT2D eigenvalue weighted by Gasteiger charge is 2.27. The summed E-state index contributed by atoms with van der Waals surface area (Å²) in [6.45, 7) is 3.17. The lowest BCUT2D eigenvalue weighted by molar-refractivity contribution is 0.101. The van der Waals surface area contributed by atoms with Crippen LogP contribution in [0.4, 0.5) is 5.69 Å². The van der Waals surface area contributed by atoms with E-state index in [0.717, 1.165) is 43.1 Å². The molecule has 1 atom stereocenters. The number of hydrogen-bond donors (Lipinski definition) is 0. The second-order valence-electron chi connectivity index (χ2n) is 6.67. The summed E-state index contributed by atoms with van der Waals surface area (Å²) in [4.78, 5) is 14.0. The molecule has 0 N–H and O–H groups in total. The van der Waals surface area contributed by atoms with Crippen LogP contribution < -0.4 is 4.90 Å². The van der Waals surface area contributed by atoms with Crippen molar-refractivity contribution in [2.75, 3.05) is 18.0 Å². The Morgan fingerprint density at radius 3 is 2.96 bits per heavy atom. The fourth-order valence-electron chi connectivity index (χ4n) is 3.65. The molecule has 0 amide bonds. The number of hydrogen-bond acceptors (Lipinski definition) is 5. The second-order valence-corrected chi connectivity index (χ2v) is 6.67. The van der Waals surface area contributed by atoms with Crippen LogP contribution in [0, 0.1) is 11.3 Å². The maximum atomic E-state index is 11.8. The lowest BCUT2D eigenvalue weighted by Gasteiger charge is -2.34. The van der Waals surface area contributed by atoms with Crippen molar-refractivity contribution < 1.29 is 4.79 Å². The van der Waals surface area contributed by atoms with Crippen LogP contribution in [0.25, 0.3) is 5.65 Å². The number of pyridine rings is 1. The minimum absolute atomic E-state index is 0.00718. The van der Waals surface area contributed by atoms with Gasteiger partial charge in [0.05, 0.1) is 11.3 Å². The Hall–Kier alpha value is -3.20. The van der Waals surface area contributed by atoms with Crippen molar-refractivity contribution in [3.05, 3.63) is 59.5 Å². The van der Waals surface area contributed by atoms with Gasteiger partial charge < -0.3 is 4.90 Å². The molecule has 0 aliphatic carbocycles. The second kappa shape index (κ2) is 6.60. The van der Waals surface area contributed by atoms with Gasteiger partial charge in [0.1, 0.15) is 11.9 Å². The van der Waals surface area contributed by atoms with Crippen LogP contribution in [-0.4, -0.2) is 33.5 Å². The van der Waals surface area contributed by atoms with Crippen molar-refractivity contribution in [2.24, 2.45) is 0 Å². The number of ketones is 1. The molecule has 1 fully saturated rings. The van der Waals surface area contributed by atoms with Crippen molar-refractivity contribution in [1.29, 1.82) is 5.26 Å². The van der Waals surface area contributed by atoms with E-state index in [1.807, 2.05) is 34.9 Å². The number of Topliss-reactive ketones (excluding diaryl/α,β-unsaturated/α-hetero) is 1. The fourth-order valence-corrected chi connectivity index (χ4v) is 3.65. The molecular weight excluding hydrogens is 326 g/mol. The summed E-state index contributed by atoms with van der Waals surface area (Å²) in [6, 6.07) is 13.4. The lowest BCUT2D eigenvalue weighted by Crippen LogP contribution is -2.35. The molecule has 0 saturated carbocycles. The Labute approximate surface area is 151 Å². The van der Waals surface area contributed by atoms with Crippen molar-refractivity contribution >= 4 is 17.1 Å². The first-order valence-electron chi connectivity index (χ1n) is 8.77. The van der Waals surface area contributed by atoms with E-state index in [1.165, 1.54) is 0 Å². The average Bonchev–Trinajstić information content (AvgIpc) is 3.11. The minimum Gasteiger partial charge on any atom is -0.370 e. The predicted molar refractivity (Wildman–Crippen MR) is 98.3 cm³/mol. The lowest BCUT2D eigenvalue weighted by atomic mass is 9.95. The number of nitriles is 1. The van der Waals surface area contributed by atoms with Gasteiger partial charge in [-0.1, -0.05) is 6.07 Å². The van der Waals surface area contributed by atoms with Crippen molar-refractivity contribution in [3.8, 4) is 6.07 Å². The van der Waals surface area contributed by atoms with Crippen molar-refractivity contribution in [2.45, 2.75) is 25.7 Å². The van der Waals surface area contributed by atoms with Crippen LogP contribution in [0.1, 0.15) is 47.4 Å². The third-order valence-corrected chi connectivity index (χ3v) is 4.99. The Morgan fingerprint density at radius 1 is 1.27 bits per heavy atom. The van der Waals surface area contributed by atoms with Crippen LogP contribution in [0.5, 0.6) is 0 Å². The van der Waals surface area contributed by atoms with E-state index in [-0.39, 0.29) is 11.7 Å². The van der Waals surface area contributed by atoms with Gasteiger partial charge in [-0.3, -0.25) is 9.20 Å². The van der Waals surface area contributed by atoms with Crippen LogP contribution in [-0.2, 0) is 0 Å². The van der Waals surface area contributed by atoms with E-state index >= 15 is 0 Å². The third-order valence-electron chi connectivity index (χ3n) is 4.99. The summed E-state index contributed by atoms with van der Waals surface area (Å²) in [5.74, 6) is 1.19. The maximum absolute atomic E-state index is 11.8. The van der Waals surface area contributed by atoms with Gasteiger partial charge in [0.25, 0.3) is 0 Å². The molecule has 130 valence electrons. The zero-order chi connectivity index (χ0) is 18.1. The smallest absolute Gasteiger partial charge is 0.160 e. The van der Waals surface area contributed by atoms with E-state index in [1.54, 1.807) is 19.1 Å². The van der Waals surface area contributed by atoms with Gasteiger partial charge in [0.15, 0.2) is 11.4 Å². The topological polar surface area (TPSA) is 74.3 Å². The predicted octanol–water partition coefficient (Wildman–Crippen LogP) is 3.19. The van der Waals surface area contributed by atoms with Crippen LogP contribution >= 0.6 is 0 Å². The molecule has 0 bridgehead atoms. The Kier molecular flexibility index (Phi) is 4.13. The number of carbonyl (C=O) groups is 1. The molecule has 4 rings (SSSR count). The number of aromatic nitrogens is 3. The number of piperidine rings is 1. The summed E-state index contributed by atoms with van der Waals surface area (Å²) in [7, 11) is 0. The maximum Gasteiger partial charge on any atom is 0.160 e. The Bertz CT molecular complexity index is 1020. The number of carbonyl (C=O) groups excluding carboxylic acids is 1. The van der Waals surface area contributed by atoms with E-state index < -0.39 is 0 Å². The Morgan fingerprint density at radius 2 is 2.15 bits per heavy atom. The molecular formula is C20H19N5O. The molecule has 6 heteroatoms. The van der Waals surface area contributed by atoms with Gasteiger partial charge >= 0.3 is 0 Å². The molecule has 3 aromatic rings. The van der Waals surface area contributed by atoms with Gasteiger partial charge in [0.2, 0.25) is 0 Å². The summed E-state index contributed by atoms with van der Waals surface area (Å²) in [5, 5.41) is 18.1. The molecule has 1 aromatic carbocycles. The van der Waals surface area contributed by atoms with E-state index in [0.29, 0.717) is 11.1 Å². The monoisotopic (exact) mass is 345 g/mol. The Balaban J connectivity index is 1.68. The minimum atomic E-state index is 0.00718. The number of rotatable bonds is 3. The average molecular weight is 345 g/mol. The highest BCUT2D eigenvalue weighted by molar-refractivity contribution is 5.95. The fraction of sp³-hybridized carbons (Fsp3) is 0.300. The highest BCUT2D eigenvalue weighted by atomic mass is 16.1. The zero-order valence-corrected chi connectivity index (χ0v) is 14.6. The highest BCUT2D eigenvalue weighted by Crippen LogP contribution is 2.31. The van der Waals surface area contributed by atoms with E-state index in [2.05, 4.69) is 21.2 Å². The van der Waals surface area contributed by atoms with Gasteiger partial charge in [0, 0.05) is 30.8 Å². The summed E-state index contributed by atoms with van der Waals surface area (Å²) in [5.41, 5.74) is 2.91. The first-order chi connectivity index (χ1) is 12.7. The number of fused-ring (bicyclic) bond motifs is 1. The molecule has 0 spiro atoms. The molecule has 1 aliphatic rings. The quantitative estimate of drug-likeness (QED) is 0.682. The van der Waals surface area contributed by atoms with Gasteiger partial charge in [-0.25, -0.2) is 0 Å². The number of benzene rings is 1.